The minimum absolute atomic E-state index is 0.0362. The molecule has 0 bridgehead atoms. The van der Waals surface area contributed by atoms with E-state index in [1.54, 1.807) is 0 Å². The molecule has 0 saturated carbocycles. The van der Waals surface area contributed by atoms with Gasteiger partial charge in [0.25, 0.3) is 0 Å². The molecular formula is C11H19BrO2. The molecule has 0 aromatic rings. The van der Waals surface area contributed by atoms with Crippen LogP contribution >= 0.6 is 15.9 Å². The average Bonchev–Trinajstić information content (AvgIpc) is 2.13. The zero-order chi connectivity index (χ0) is 11.1. The highest BCUT2D eigenvalue weighted by molar-refractivity contribution is 9.10. The van der Waals surface area contributed by atoms with Crippen molar-refractivity contribution < 1.29 is 9.59 Å². The lowest BCUT2D eigenvalue weighted by atomic mass is 9.97. The van der Waals surface area contributed by atoms with E-state index in [0.717, 1.165) is 12.7 Å². The number of ketones is 1. The van der Waals surface area contributed by atoms with Crippen LogP contribution in [0.25, 0.3) is 0 Å². The summed E-state index contributed by atoms with van der Waals surface area (Å²) in [5.41, 5.74) is 0. The van der Waals surface area contributed by atoms with Gasteiger partial charge in [-0.15, -0.1) is 0 Å². The SMILES string of the molecule is CC(CC=O)CCC(=O)C(Br)C(C)C. The number of hydrogen-bond donors (Lipinski definition) is 0. The summed E-state index contributed by atoms with van der Waals surface area (Å²) < 4.78 is 0. The largest absolute Gasteiger partial charge is 0.303 e. The first-order valence-corrected chi connectivity index (χ1v) is 6.01. The highest BCUT2D eigenvalue weighted by Gasteiger charge is 2.18. The van der Waals surface area contributed by atoms with Crippen molar-refractivity contribution in [3.63, 3.8) is 0 Å². The number of rotatable bonds is 7. The molecule has 2 unspecified atom stereocenters. The molecule has 0 aromatic carbocycles. The van der Waals surface area contributed by atoms with E-state index in [0.29, 0.717) is 24.7 Å². The number of aldehydes is 1. The van der Waals surface area contributed by atoms with Crippen LogP contribution in [0, 0.1) is 11.8 Å². The van der Waals surface area contributed by atoms with Crippen LogP contribution in [0.2, 0.25) is 0 Å². The summed E-state index contributed by atoms with van der Waals surface area (Å²) >= 11 is 3.38. The quantitative estimate of drug-likeness (QED) is 0.522. The Kier molecular flexibility index (Phi) is 7.06. The summed E-state index contributed by atoms with van der Waals surface area (Å²) in [6, 6.07) is 0. The predicted molar refractivity (Wildman–Crippen MR) is 61.6 cm³/mol. The van der Waals surface area contributed by atoms with Gasteiger partial charge in [0.2, 0.25) is 0 Å². The summed E-state index contributed by atoms with van der Waals surface area (Å²) in [6.45, 7) is 6.04. The molecule has 0 aliphatic rings. The summed E-state index contributed by atoms with van der Waals surface area (Å²) in [6.07, 6.45) is 2.86. The number of Topliss-reactive ketones (excluding diaryl/α,β-unsaturated/α-hetero) is 1. The van der Waals surface area contributed by atoms with E-state index in [9.17, 15) is 9.59 Å². The molecule has 2 nitrogen and oxygen atoms in total. The van der Waals surface area contributed by atoms with E-state index < -0.39 is 0 Å². The molecule has 82 valence electrons. The van der Waals surface area contributed by atoms with Gasteiger partial charge >= 0.3 is 0 Å². The van der Waals surface area contributed by atoms with E-state index >= 15 is 0 Å². The third-order valence-corrected chi connectivity index (χ3v) is 3.84. The summed E-state index contributed by atoms with van der Waals surface area (Å²) in [5.74, 6) is 0.907. The molecule has 0 aliphatic heterocycles. The molecule has 0 amide bonds. The lowest BCUT2D eigenvalue weighted by Gasteiger charge is -2.13. The predicted octanol–water partition coefficient (Wildman–Crippen LogP) is 2.98. The Morgan fingerprint density at radius 3 is 2.36 bits per heavy atom. The van der Waals surface area contributed by atoms with E-state index in [-0.39, 0.29) is 10.6 Å². The smallest absolute Gasteiger partial charge is 0.146 e. The van der Waals surface area contributed by atoms with Gasteiger partial charge in [0.15, 0.2) is 0 Å². The molecule has 0 heterocycles. The van der Waals surface area contributed by atoms with Gasteiger partial charge in [-0.25, -0.2) is 0 Å². The normalized spacial score (nSPS) is 15.2. The Hall–Kier alpha value is -0.180. The first-order chi connectivity index (χ1) is 6.49. The standard InChI is InChI=1S/C11H19BrO2/c1-8(2)11(12)10(14)5-4-9(3)6-7-13/h7-9,11H,4-6H2,1-3H3. The van der Waals surface area contributed by atoms with Crippen LogP contribution in [0.1, 0.15) is 40.0 Å². The van der Waals surface area contributed by atoms with Crippen molar-refractivity contribution in [1.82, 2.24) is 0 Å². The molecule has 0 spiro atoms. The van der Waals surface area contributed by atoms with E-state index in [2.05, 4.69) is 15.9 Å². The van der Waals surface area contributed by atoms with Gasteiger partial charge in [0.1, 0.15) is 12.1 Å². The van der Waals surface area contributed by atoms with Crippen LogP contribution < -0.4 is 0 Å². The Bertz CT molecular complexity index is 190. The lowest BCUT2D eigenvalue weighted by molar-refractivity contribution is -0.119. The highest BCUT2D eigenvalue weighted by Crippen LogP contribution is 2.18. The van der Waals surface area contributed by atoms with Crippen LogP contribution in [0.5, 0.6) is 0 Å². The summed E-state index contributed by atoms with van der Waals surface area (Å²) in [4.78, 5) is 21.7. The lowest BCUT2D eigenvalue weighted by Crippen LogP contribution is -2.20. The number of carbonyl (C=O) groups is 2. The Morgan fingerprint density at radius 1 is 1.36 bits per heavy atom. The number of hydrogen-bond acceptors (Lipinski definition) is 2. The number of carbonyl (C=O) groups excluding carboxylic acids is 2. The third-order valence-electron chi connectivity index (χ3n) is 2.28. The monoisotopic (exact) mass is 262 g/mol. The van der Waals surface area contributed by atoms with Gasteiger partial charge in [-0.2, -0.15) is 0 Å². The second kappa shape index (κ2) is 7.16. The van der Waals surface area contributed by atoms with Crippen molar-refractivity contribution in [3.05, 3.63) is 0 Å². The van der Waals surface area contributed by atoms with Crippen molar-refractivity contribution in [3.8, 4) is 0 Å². The molecule has 0 aromatic heterocycles. The molecule has 0 saturated heterocycles. The van der Waals surface area contributed by atoms with Crippen molar-refractivity contribution in [2.24, 2.45) is 11.8 Å². The minimum atomic E-state index is -0.0362. The van der Waals surface area contributed by atoms with Crippen LogP contribution in [0.4, 0.5) is 0 Å². The van der Waals surface area contributed by atoms with Crippen molar-refractivity contribution in [2.75, 3.05) is 0 Å². The van der Waals surface area contributed by atoms with Gasteiger partial charge in [-0.05, 0) is 18.3 Å². The second-order valence-electron chi connectivity index (χ2n) is 4.16. The first-order valence-electron chi connectivity index (χ1n) is 5.09. The molecule has 0 aliphatic carbocycles. The second-order valence-corrected chi connectivity index (χ2v) is 5.14. The molecule has 14 heavy (non-hydrogen) atoms. The van der Waals surface area contributed by atoms with E-state index in [1.807, 2.05) is 20.8 Å². The number of halogens is 1. The fourth-order valence-corrected chi connectivity index (χ4v) is 1.41. The molecule has 0 N–H and O–H groups in total. The summed E-state index contributed by atoms with van der Waals surface area (Å²) in [7, 11) is 0. The zero-order valence-corrected chi connectivity index (χ0v) is 10.7. The van der Waals surface area contributed by atoms with Crippen molar-refractivity contribution >= 4 is 28.0 Å². The molecule has 3 heteroatoms. The van der Waals surface area contributed by atoms with Crippen molar-refractivity contribution in [1.29, 1.82) is 0 Å². The number of alkyl halides is 1. The Morgan fingerprint density at radius 2 is 1.93 bits per heavy atom. The fourth-order valence-electron chi connectivity index (χ4n) is 1.18. The van der Waals surface area contributed by atoms with Crippen LogP contribution in [0.15, 0.2) is 0 Å². The zero-order valence-electron chi connectivity index (χ0n) is 9.13. The molecular weight excluding hydrogens is 244 g/mol. The van der Waals surface area contributed by atoms with Crippen LogP contribution in [-0.4, -0.2) is 16.9 Å². The fraction of sp³-hybridized carbons (Fsp3) is 0.818. The van der Waals surface area contributed by atoms with E-state index in [4.69, 9.17) is 0 Å². The molecule has 0 rings (SSSR count). The third kappa shape index (κ3) is 5.53. The van der Waals surface area contributed by atoms with Crippen LogP contribution in [0.3, 0.4) is 0 Å². The topological polar surface area (TPSA) is 34.1 Å². The molecule has 0 radical (unpaired) electrons. The highest BCUT2D eigenvalue weighted by atomic mass is 79.9. The maximum absolute atomic E-state index is 11.6. The van der Waals surface area contributed by atoms with E-state index in [1.165, 1.54) is 0 Å². The summed E-state index contributed by atoms with van der Waals surface area (Å²) in [5, 5.41) is 0. The average molecular weight is 263 g/mol. The van der Waals surface area contributed by atoms with Gasteiger partial charge in [0.05, 0.1) is 4.83 Å². The van der Waals surface area contributed by atoms with Gasteiger partial charge in [0, 0.05) is 12.8 Å². The first kappa shape index (κ1) is 13.8. The van der Waals surface area contributed by atoms with Crippen molar-refractivity contribution in [2.45, 2.75) is 44.9 Å². The van der Waals surface area contributed by atoms with Crippen LogP contribution in [-0.2, 0) is 9.59 Å². The Labute approximate surface area is 94.6 Å². The maximum atomic E-state index is 11.6. The minimum Gasteiger partial charge on any atom is -0.303 e. The maximum Gasteiger partial charge on any atom is 0.146 e. The van der Waals surface area contributed by atoms with Gasteiger partial charge in [-0.3, -0.25) is 4.79 Å². The van der Waals surface area contributed by atoms with Gasteiger partial charge in [-0.1, -0.05) is 36.7 Å². The molecule has 2 atom stereocenters. The Balaban J connectivity index is 3.78. The molecule has 0 fully saturated rings. The van der Waals surface area contributed by atoms with Gasteiger partial charge < -0.3 is 4.79 Å².